The van der Waals surface area contributed by atoms with E-state index in [0.717, 1.165) is 11.3 Å². The number of amides is 1. The third kappa shape index (κ3) is 3.59. The summed E-state index contributed by atoms with van der Waals surface area (Å²) in [6.07, 6.45) is -0.742. The minimum atomic E-state index is -0.742. The molecule has 0 aliphatic carbocycles. The molecule has 2 aromatic rings. The van der Waals surface area contributed by atoms with Crippen molar-refractivity contribution >= 4 is 5.91 Å². The van der Waals surface area contributed by atoms with Gasteiger partial charge in [-0.25, -0.2) is 0 Å². The summed E-state index contributed by atoms with van der Waals surface area (Å²) in [5.74, 6) is 0.535. The average Bonchev–Trinajstić information content (AvgIpc) is 2.53. The number of aliphatic hydroxyl groups is 1. The Hall–Kier alpha value is -2.33. The van der Waals surface area contributed by atoms with Crippen LogP contribution in [0.4, 0.5) is 0 Å². The number of carbonyl (C=O) groups excluding carboxylic acids is 1. The van der Waals surface area contributed by atoms with Gasteiger partial charge in [-0.1, -0.05) is 30.3 Å². The number of methoxy groups -OCH3 is 1. The molecule has 0 saturated carbocycles. The number of hydrogen-bond acceptors (Lipinski definition) is 3. The Kier molecular flexibility index (Phi) is 4.74. The van der Waals surface area contributed by atoms with E-state index in [-0.39, 0.29) is 12.5 Å². The summed E-state index contributed by atoms with van der Waals surface area (Å²) in [6, 6.07) is 16.0. The largest absolute Gasteiger partial charge is 0.497 e. The van der Waals surface area contributed by atoms with E-state index in [2.05, 4.69) is 5.32 Å². The van der Waals surface area contributed by atoms with Crippen molar-refractivity contribution in [3.05, 3.63) is 65.7 Å². The van der Waals surface area contributed by atoms with Crippen LogP contribution in [0.2, 0.25) is 0 Å². The predicted molar refractivity (Wildman–Crippen MR) is 76.7 cm³/mol. The van der Waals surface area contributed by atoms with Gasteiger partial charge in [-0.3, -0.25) is 4.79 Å². The number of rotatable bonds is 5. The van der Waals surface area contributed by atoms with Gasteiger partial charge in [0, 0.05) is 12.1 Å². The van der Waals surface area contributed by atoms with E-state index >= 15 is 0 Å². The molecule has 0 aliphatic heterocycles. The van der Waals surface area contributed by atoms with E-state index < -0.39 is 6.10 Å². The Labute approximate surface area is 118 Å². The summed E-state index contributed by atoms with van der Waals surface area (Å²) >= 11 is 0. The van der Waals surface area contributed by atoms with E-state index in [1.54, 1.807) is 55.6 Å². The Morgan fingerprint density at radius 2 is 1.80 bits per heavy atom. The first-order valence-electron chi connectivity index (χ1n) is 6.36. The first-order valence-corrected chi connectivity index (χ1v) is 6.36. The third-order valence-corrected chi connectivity index (χ3v) is 2.99. The second-order valence-electron chi connectivity index (χ2n) is 4.37. The highest BCUT2D eigenvalue weighted by molar-refractivity contribution is 5.94. The topological polar surface area (TPSA) is 58.6 Å². The SMILES string of the molecule is COc1ccc([C@@H](O)CNC(=O)c2ccccc2)cc1. The smallest absolute Gasteiger partial charge is 0.251 e. The summed E-state index contributed by atoms with van der Waals surface area (Å²) in [5, 5.41) is 12.7. The minimum absolute atomic E-state index is 0.167. The number of carbonyl (C=O) groups is 1. The lowest BCUT2D eigenvalue weighted by Crippen LogP contribution is -2.28. The minimum Gasteiger partial charge on any atom is -0.497 e. The lowest BCUT2D eigenvalue weighted by Gasteiger charge is -2.12. The van der Waals surface area contributed by atoms with Crippen LogP contribution < -0.4 is 10.1 Å². The number of aliphatic hydroxyl groups excluding tert-OH is 1. The van der Waals surface area contributed by atoms with Crippen molar-refractivity contribution in [3.63, 3.8) is 0 Å². The van der Waals surface area contributed by atoms with Gasteiger partial charge in [-0.2, -0.15) is 0 Å². The lowest BCUT2D eigenvalue weighted by atomic mass is 10.1. The van der Waals surface area contributed by atoms with Crippen molar-refractivity contribution in [2.45, 2.75) is 6.10 Å². The van der Waals surface area contributed by atoms with Crippen LogP contribution in [-0.2, 0) is 0 Å². The summed E-state index contributed by atoms with van der Waals surface area (Å²) in [6.45, 7) is 0.167. The van der Waals surface area contributed by atoms with E-state index in [1.165, 1.54) is 0 Å². The van der Waals surface area contributed by atoms with E-state index in [4.69, 9.17) is 4.74 Å². The van der Waals surface area contributed by atoms with Gasteiger partial charge in [0.2, 0.25) is 0 Å². The number of nitrogens with one attached hydrogen (secondary N) is 1. The molecule has 2 aromatic carbocycles. The van der Waals surface area contributed by atoms with E-state index in [9.17, 15) is 9.90 Å². The van der Waals surface area contributed by atoms with E-state index in [1.807, 2.05) is 6.07 Å². The molecule has 0 bridgehead atoms. The van der Waals surface area contributed by atoms with Gasteiger partial charge in [0.15, 0.2) is 0 Å². The first-order chi connectivity index (χ1) is 9.70. The molecule has 2 rings (SSSR count). The molecule has 0 aromatic heterocycles. The molecule has 2 N–H and O–H groups in total. The number of benzene rings is 2. The maximum atomic E-state index is 11.8. The Morgan fingerprint density at radius 3 is 2.40 bits per heavy atom. The van der Waals surface area contributed by atoms with Crippen LogP contribution in [0, 0.1) is 0 Å². The van der Waals surface area contributed by atoms with Crippen LogP contribution in [0.1, 0.15) is 22.0 Å². The zero-order valence-corrected chi connectivity index (χ0v) is 11.2. The molecule has 0 saturated heterocycles. The van der Waals surface area contributed by atoms with Crippen LogP contribution in [-0.4, -0.2) is 24.7 Å². The van der Waals surface area contributed by atoms with Crippen LogP contribution in [0.25, 0.3) is 0 Å². The van der Waals surface area contributed by atoms with Gasteiger partial charge in [-0.15, -0.1) is 0 Å². The molecular weight excluding hydrogens is 254 g/mol. The maximum Gasteiger partial charge on any atom is 0.251 e. The highest BCUT2D eigenvalue weighted by Gasteiger charge is 2.10. The molecular formula is C16H17NO3. The molecule has 104 valence electrons. The zero-order valence-electron chi connectivity index (χ0n) is 11.2. The first kappa shape index (κ1) is 14.1. The number of ether oxygens (including phenoxy) is 1. The molecule has 4 heteroatoms. The molecule has 0 spiro atoms. The maximum absolute atomic E-state index is 11.8. The molecule has 1 amide bonds. The standard InChI is InChI=1S/C16H17NO3/c1-20-14-9-7-12(8-10-14)15(18)11-17-16(19)13-5-3-2-4-6-13/h2-10,15,18H,11H2,1H3,(H,17,19)/t15-/m0/s1. The zero-order chi connectivity index (χ0) is 14.4. The highest BCUT2D eigenvalue weighted by Crippen LogP contribution is 2.17. The van der Waals surface area contributed by atoms with Crippen molar-refractivity contribution in [2.75, 3.05) is 13.7 Å². The average molecular weight is 271 g/mol. The molecule has 0 unspecified atom stereocenters. The Bertz CT molecular complexity index is 552. The van der Waals surface area contributed by atoms with Crippen molar-refractivity contribution < 1.29 is 14.6 Å². The molecule has 0 aliphatic rings. The van der Waals surface area contributed by atoms with Gasteiger partial charge in [-0.05, 0) is 29.8 Å². The predicted octanol–water partition coefficient (Wildman–Crippen LogP) is 2.16. The summed E-state index contributed by atoms with van der Waals surface area (Å²) in [7, 11) is 1.59. The monoisotopic (exact) mass is 271 g/mol. The second-order valence-corrected chi connectivity index (χ2v) is 4.37. The Morgan fingerprint density at radius 1 is 1.15 bits per heavy atom. The normalized spacial score (nSPS) is 11.7. The van der Waals surface area contributed by atoms with Gasteiger partial charge in [0.25, 0.3) is 5.91 Å². The molecule has 1 atom stereocenters. The van der Waals surface area contributed by atoms with Crippen molar-refractivity contribution in [1.29, 1.82) is 0 Å². The fraction of sp³-hybridized carbons (Fsp3) is 0.188. The summed E-state index contributed by atoms with van der Waals surface area (Å²) < 4.78 is 5.05. The van der Waals surface area contributed by atoms with Gasteiger partial charge < -0.3 is 15.2 Å². The lowest BCUT2D eigenvalue weighted by molar-refractivity contribution is 0.0916. The van der Waals surface area contributed by atoms with Crippen molar-refractivity contribution in [2.24, 2.45) is 0 Å². The summed E-state index contributed by atoms with van der Waals surface area (Å²) in [4.78, 5) is 11.8. The second kappa shape index (κ2) is 6.73. The van der Waals surface area contributed by atoms with Gasteiger partial charge >= 0.3 is 0 Å². The van der Waals surface area contributed by atoms with Crippen LogP contribution in [0.3, 0.4) is 0 Å². The van der Waals surface area contributed by atoms with Gasteiger partial charge in [0.05, 0.1) is 13.2 Å². The fourth-order valence-corrected chi connectivity index (χ4v) is 1.82. The fourth-order valence-electron chi connectivity index (χ4n) is 1.82. The quantitative estimate of drug-likeness (QED) is 0.876. The van der Waals surface area contributed by atoms with Crippen LogP contribution in [0.5, 0.6) is 5.75 Å². The molecule has 0 radical (unpaired) electrons. The van der Waals surface area contributed by atoms with Crippen molar-refractivity contribution in [1.82, 2.24) is 5.32 Å². The molecule has 20 heavy (non-hydrogen) atoms. The van der Waals surface area contributed by atoms with Crippen molar-refractivity contribution in [3.8, 4) is 5.75 Å². The molecule has 0 heterocycles. The Balaban J connectivity index is 1.91. The van der Waals surface area contributed by atoms with E-state index in [0.29, 0.717) is 5.56 Å². The number of hydrogen-bond donors (Lipinski definition) is 2. The molecule has 4 nitrogen and oxygen atoms in total. The molecule has 0 fully saturated rings. The van der Waals surface area contributed by atoms with Gasteiger partial charge in [0.1, 0.15) is 5.75 Å². The highest BCUT2D eigenvalue weighted by atomic mass is 16.5. The van der Waals surface area contributed by atoms with Crippen LogP contribution >= 0.6 is 0 Å². The third-order valence-electron chi connectivity index (χ3n) is 2.99. The summed E-state index contributed by atoms with van der Waals surface area (Å²) in [5.41, 5.74) is 1.31. The van der Waals surface area contributed by atoms with Crippen LogP contribution in [0.15, 0.2) is 54.6 Å².